The molecule has 1 amide bonds. The average molecular weight is 317 g/mol. The lowest BCUT2D eigenvalue weighted by atomic mass is 10.2. The molecule has 0 bridgehead atoms. The van der Waals surface area contributed by atoms with Crippen LogP contribution in [0.5, 0.6) is 0 Å². The summed E-state index contributed by atoms with van der Waals surface area (Å²) in [7, 11) is 0. The molecule has 0 radical (unpaired) electrons. The van der Waals surface area contributed by atoms with Gasteiger partial charge in [0.25, 0.3) is 5.91 Å². The van der Waals surface area contributed by atoms with Gasteiger partial charge in [0.2, 0.25) is 0 Å². The fraction of sp³-hybridized carbons (Fsp3) is 0.0500. The van der Waals surface area contributed by atoms with Crippen LogP contribution < -0.4 is 16.2 Å². The number of anilines is 3. The number of amides is 1. The van der Waals surface area contributed by atoms with Crippen LogP contribution in [0.2, 0.25) is 0 Å². The Hall–Kier alpha value is -3.27. The molecule has 0 saturated carbocycles. The van der Waals surface area contributed by atoms with E-state index in [0.717, 1.165) is 17.1 Å². The third kappa shape index (κ3) is 4.14. The van der Waals surface area contributed by atoms with Crippen LogP contribution in [0.3, 0.4) is 0 Å². The van der Waals surface area contributed by atoms with Crippen molar-refractivity contribution in [3.05, 3.63) is 90.0 Å². The predicted molar refractivity (Wildman–Crippen MR) is 98.4 cm³/mol. The minimum absolute atomic E-state index is 0.169. The minimum Gasteiger partial charge on any atom is -0.356 e. The summed E-state index contributed by atoms with van der Waals surface area (Å²) >= 11 is 0. The van der Waals surface area contributed by atoms with E-state index in [1.54, 1.807) is 12.1 Å². The minimum atomic E-state index is -0.169. The molecule has 0 aliphatic heterocycles. The molecular formula is C20H19N3O. The molecule has 0 spiro atoms. The predicted octanol–water partition coefficient (Wildman–Crippen LogP) is 4.50. The van der Waals surface area contributed by atoms with E-state index in [2.05, 4.69) is 35.2 Å². The zero-order valence-corrected chi connectivity index (χ0v) is 13.4. The third-order valence-corrected chi connectivity index (χ3v) is 3.58. The molecule has 0 aliphatic rings. The number of nitrogens with one attached hydrogen (secondary N) is 3. The summed E-state index contributed by atoms with van der Waals surface area (Å²) in [6.45, 7) is 2.06. The summed E-state index contributed by atoms with van der Waals surface area (Å²) in [5.74, 6) is -0.169. The lowest BCUT2D eigenvalue weighted by molar-refractivity contribution is 0.0962. The second-order valence-corrected chi connectivity index (χ2v) is 5.51. The Morgan fingerprint density at radius 2 is 1.25 bits per heavy atom. The second-order valence-electron chi connectivity index (χ2n) is 5.51. The van der Waals surface area contributed by atoms with Crippen LogP contribution in [0.4, 0.5) is 17.1 Å². The van der Waals surface area contributed by atoms with E-state index in [1.807, 2.05) is 54.6 Å². The number of rotatable bonds is 5. The lowest BCUT2D eigenvalue weighted by Gasteiger charge is -2.10. The van der Waals surface area contributed by atoms with E-state index in [0.29, 0.717) is 5.56 Å². The van der Waals surface area contributed by atoms with Crippen molar-refractivity contribution in [3.63, 3.8) is 0 Å². The summed E-state index contributed by atoms with van der Waals surface area (Å²) in [5, 5.41) is 3.33. The van der Waals surface area contributed by atoms with Crippen LogP contribution in [-0.2, 0) is 0 Å². The van der Waals surface area contributed by atoms with Crippen LogP contribution in [0.15, 0.2) is 78.9 Å². The van der Waals surface area contributed by atoms with Gasteiger partial charge in [-0.05, 0) is 55.5 Å². The highest BCUT2D eigenvalue weighted by atomic mass is 16.2. The molecule has 3 N–H and O–H groups in total. The van der Waals surface area contributed by atoms with E-state index >= 15 is 0 Å². The van der Waals surface area contributed by atoms with E-state index in [4.69, 9.17) is 0 Å². The van der Waals surface area contributed by atoms with Crippen molar-refractivity contribution in [3.8, 4) is 0 Å². The third-order valence-electron chi connectivity index (χ3n) is 3.58. The average Bonchev–Trinajstić information content (AvgIpc) is 2.63. The van der Waals surface area contributed by atoms with Crippen molar-refractivity contribution in [1.82, 2.24) is 5.43 Å². The molecule has 120 valence electrons. The van der Waals surface area contributed by atoms with Crippen molar-refractivity contribution in [1.29, 1.82) is 0 Å². The van der Waals surface area contributed by atoms with Gasteiger partial charge < -0.3 is 5.32 Å². The molecule has 0 unspecified atom stereocenters. The summed E-state index contributed by atoms with van der Waals surface area (Å²) in [5.41, 5.74) is 10.3. The lowest BCUT2D eigenvalue weighted by Crippen LogP contribution is -2.29. The zero-order valence-electron chi connectivity index (χ0n) is 13.4. The highest BCUT2D eigenvalue weighted by molar-refractivity contribution is 5.94. The number of benzene rings is 3. The first-order chi connectivity index (χ1) is 11.7. The Morgan fingerprint density at radius 1 is 0.708 bits per heavy atom. The van der Waals surface area contributed by atoms with Gasteiger partial charge in [-0.1, -0.05) is 35.9 Å². The fourth-order valence-corrected chi connectivity index (χ4v) is 2.23. The molecule has 4 nitrogen and oxygen atoms in total. The Balaban J connectivity index is 1.56. The van der Waals surface area contributed by atoms with Gasteiger partial charge in [-0.3, -0.25) is 15.6 Å². The summed E-state index contributed by atoms with van der Waals surface area (Å²) in [6.07, 6.45) is 0. The van der Waals surface area contributed by atoms with Crippen LogP contribution in [-0.4, -0.2) is 5.91 Å². The molecule has 0 fully saturated rings. The Kier molecular flexibility index (Phi) is 4.77. The largest absolute Gasteiger partial charge is 0.356 e. The standard InChI is InChI=1S/C20H19N3O/c1-15-7-9-17(10-8-15)21-18-11-13-19(14-12-18)22-23-20(24)16-5-3-2-4-6-16/h2-14,21-22H,1H3,(H,23,24). The van der Waals surface area contributed by atoms with Crippen LogP contribution in [0.25, 0.3) is 0 Å². The van der Waals surface area contributed by atoms with Gasteiger partial charge in [0.1, 0.15) is 0 Å². The number of hydrazine groups is 1. The Morgan fingerprint density at radius 3 is 1.88 bits per heavy atom. The molecule has 0 heterocycles. The summed E-state index contributed by atoms with van der Waals surface area (Å²) in [6, 6.07) is 25.0. The molecule has 0 atom stereocenters. The van der Waals surface area contributed by atoms with Crippen LogP contribution in [0.1, 0.15) is 15.9 Å². The van der Waals surface area contributed by atoms with E-state index < -0.39 is 0 Å². The van der Waals surface area contributed by atoms with Crippen molar-refractivity contribution in [2.75, 3.05) is 10.7 Å². The maximum absolute atomic E-state index is 12.0. The van der Waals surface area contributed by atoms with Gasteiger partial charge >= 0.3 is 0 Å². The maximum Gasteiger partial charge on any atom is 0.269 e. The molecule has 24 heavy (non-hydrogen) atoms. The Labute approximate surface area is 141 Å². The number of hydrogen-bond donors (Lipinski definition) is 3. The number of carbonyl (C=O) groups excluding carboxylic acids is 1. The van der Waals surface area contributed by atoms with Gasteiger partial charge in [-0.2, -0.15) is 0 Å². The molecule has 0 saturated heterocycles. The van der Waals surface area contributed by atoms with Crippen LogP contribution in [0, 0.1) is 6.92 Å². The SMILES string of the molecule is Cc1ccc(Nc2ccc(NNC(=O)c3ccccc3)cc2)cc1. The van der Waals surface area contributed by atoms with E-state index in [-0.39, 0.29) is 5.91 Å². The second kappa shape index (κ2) is 7.33. The molecule has 0 aromatic heterocycles. The Bertz CT molecular complexity index is 797. The van der Waals surface area contributed by atoms with E-state index in [9.17, 15) is 4.79 Å². The molecule has 3 rings (SSSR count). The van der Waals surface area contributed by atoms with Gasteiger partial charge in [0.05, 0.1) is 5.69 Å². The first-order valence-electron chi connectivity index (χ1n) is 7.76. The zero-order chi connectivity index (χ0) is 16.8. The molecule has 0 aliphatic carbocycles. The van der Waals surface area contributed by atoms with Crippen molar-refractivity contribution >= 4 is 23.0 Å². The van der Waals surface area contributed by atoms with Gasteiger partial charge in [0, 0.05) is 16.9 Å². The first kappa shape index (κ1) is 15.6. The topological polar surface area (TPSA) is 53.2 Å². The first-order valence-corrected chi connectivity index (χ1v) is 7.76. The van der Waals surface area contributed by atoms with Crippen molar-refractivity contribution in [2.24, 2.45) is 0 Å². The van der Waals surface area contributed by atoms with Crippen LogP contribution >= 0.6 is 0 Å². The summed E-state index contributed by atoms with van der Waals surface area (Å²) < 4.78 is 0. The molecule has 3 aromatic rings. The van der Waals surface area contributed by atoms with Crippen molar-refractivity contribution in [2.45, 2.75) is 6.92 Å². The number of hydrogen-bond acceptors (Lipinski definition) is 3. The fourth-order valence-electron chi connectivity index (χ4n) is 2.23. The molecular weight excluding hydrogens is 298 g/mol. The monoisotopic (exact) mass is 317 g/mol. The highest BCUT2D eigenvalue weighted by Crippen LogP contribution is 2.19. The van der Waals surface area contributed by atoms with Crippen molar-refractivity contribution < 1.29 is 4.79 Å². The highest BCUT2D eigenvalue weighted by Gasteiger charge is 2.03. The maximum atomic E-state index is 12.0. The van der Waals surface area contributed by atoms with E-state index in [1.165, 1.54) is 5.56 Å². The molecule has 3 aromatic carbocycles. The summed E-state index contributed by atoms with van der Waals surface area (Å²) in [4.78, 5) is 12.0. The van der Waals surface area contributed by atoms with Gasteiger partial charge in [-0.15, -0.1) is 0 Å². The number of aryl methyl sites for hydroxylation is 1. The van der Waals surface area contributed by atoms with Gasteiger partial charge in [0.15, 0.2) is 0 Å². The quantitative estimate of drug-likeness (QED) is 0.608. The molecule has 4 heteroatoms. The van der Waals surface area contributed by atoms with Gasteiger partial charge in [-0.25, -0.2) is 0 Å². The number of carbonyl (C=O) groups is 1. The smallest absolute Gasteiger partial charge is 0.269 e. The normalized spacial score (nSPS) is 10.0.